The van der Waals surface area contributed by atoms with Crippen LogP contribution < -0.4 is 10.6 Å². The predicted molar refractivity (Wildman–Crippen MR) is 121 cm³/mol. The second kappa shape index (κ2) is 8.49. The van der Waals surface area contributed by atoms with E-state index in [-0.39, 0.29) is 17.9 Å². The van der Waals surface area contributed by atoms with Crippen molar-refractivity contribution >= 4 is 29.7 Å². The summed E-state index contributed by atoms with van der Waals surface area (Å²) in [6, 6.07) is 7.07. The Morgan fingerprint density at radius 2 is 1.91 bits per heavy atom. The van der Waals surface area contributed by atoms with Gasteiger partial charge in [-0.1, -0.05) is 6.58 Å². The number of amides is 3. The number of nitrogens with one attached hydrogen (secondary N) is 3. The molecule has 9 heteroatoms. The number of fused-ring (bicyclic) bond motifs is 1. The lowest BCUT2D eigenvalue weighted by Crippen LogP contribution is -2.42. The molecular formula is C23H28N6O3. The Labute approximate surface area is 186 Å². The number of likely N-dealkylation sites (tertiary alicyclic amines) is 1. The molecule has 9 nitrogen and oxygen atoms in total. The van der Waals surface area contributed by atoms with Crippen LogP contribution in [0.1, 0.15) is 48.3 Å². The quantitative estimate of drug-likeness (QED) is 0.476. The summed E-state index contributed by atoms with van der Waals surface area (Å²) in [5, 5.41) is 13.7. The molecule has 0 radical (unpaired) electrons. The number of aromatic amines is 1. The number of piperidine rings is 1. The van der Waals surface area contributed by atoms with Crippen LogP contribution in [0.3, 0.4) is 0 Å². The molecule has 32 heavy (non-hydrogen) atoms. The fraction of sp³-hybridized carbons (Fsp3) is 0.391. The smallest absolute Gasteiger partial charge is 0.253 e. The van der Waals surface area contributed by atoms with Crippen LogP contribution in [0.5, 0.6) is 0 Å². The summed E-state index contributed by atoms with van der Waals surface area (Å²) in [5.41, 5.74) is 2.81. The van der Waals surface area contributed by atoms with Gasteiger partial charge < -0.3 is 20.4 Å². The molecule has 0 atom stereocenters. The summed E-state index contributed by atoms with van der Waals surface area (Å²) in [7, 11) is 0. The zero-order valence-electron chi connectivity index (χ0n) is 18.4. The van der Waals surface area contributed by atoms with Gasteiger partial charge in [-0.2, -0.15) is 5.10 Å². The van der Waals surface area contributed by atoms with Crippen LogP contribution in [-0.2, 0) is 21.7 Å². The lowest BCUT2D eigenvalue weighted by atomic mass is 10.0. The topological polar surface area (TPSA) is 110 Å². The highest BCUT2D eigenvalue weighted by Gasteiger charge is 2.40. The molecule has 3 heterocycles. The van der Waals surface area contributed by atoms with Crippen molar-refractivity contribution in [3.8, 4) is 0 Å². The molecule has 2 aliphatic heterocycles. The molecule has 1 aromatic carbocycles. The summed E-state index contributed by atoms with van der Waals surface area (Å²) in [6.07, 6.45) is 3.69. The third-order valence-electron chi connectivity index (χ3n) is 6.36. The molecule has 0 aliphatic carbocycles. The minimum Gasteiger partial charge on any atom is -0.365 e. The predicted octanol–water partition coefficient (Wildman–Crippen LogP) is 2.46. The van der Waals surface area contributed by atoms with Crippen LogP contribution in [0.2, 0.25) is 0 Å². The van der Waals surface area contributed by atoms with Crippen molar-refractivity contribution in [2.24, 2.45) is 0 Å². The number of hydrogen-bond acceptors (Lipinski definition) is 5. The first-order valence-electron chi connectivity index (χ1n) is 10.7. The number of H-pyrrole nitrogens is 1. The van der Waals surface area contributed by atoms with Crippen molar-refractivity contribution in [1.29, 1.82) is 0 Å². The number of anilines is 2. The van der Waals surface area contributed by atoms with Crippen molar-refractivity contribution in [3.05, 3.63) is 53.7 Å². The zero-order chi connectivity index (χ0) is 22.9. The van der Waals surface area contributed by atoms with Crippen LogP contribution in [0.25, 0.3) is 0 Å². The lowest BCUT2D eigenvalue weighted by molar-refractivity contribution is -0.123. The lowest BCUT2D eigenvalue weighted by Gasteiger charge is -2.32. The van der Waals surface area contributed by atoms with E-state index in [4.69, 9.17) is 0 Å². The standard InChI is InChI=1S/C23H28N6O3/c1-4-19(31)24-16-7-5-15(6-8-16)22(32)28-11-9-17(10-12-28)25-21-18-13-29(14-30)23(2,3)20(18)26-27-21/h4-8,14,17H,1,9-13H2,2-3H3,(H,24,31)(H2,25,26,27). The summed E-state index contributed by atoms with van der Waals surface area (Å²) in [4.78, 5) is 39.2. The van der Waals surface area contributed by atoms with Gasteiger partial charge in [0.1, 0.15) is 0 Å². The number of carbonyl (C=O) groups excluding carboxylic acids is 3. The second-order valence-corrected chi connectivity index (χ2v) is 8.70. The summed E-state index contributed by atoms with van der Waals surface area (Å²) in [5.74, 6) is 0.483. The molecule has 0 spiro atoms. The Hall–Kier alpha value is -3.62. The fourth-order valence-electron chi connectivity index (χ4n) is 4.32. The highest BCUT2D eigenvalue weighted by atomic mass is 16.2. The third-order valence-corrected chi connectivity index (χ3v) is 6.36. The number of hydrogen-bond donors (Lipinski definition) is 3. The van der Waals surface area contributed by atoms with Gasteiger partial charge in [0, 0.05) is 35.9 Å². The molecule has 0 unspecified atom stereocenters. The molecule has 4 rings (SSSR count). The van der Waals surface area contributed by atoms with E-state index >= 15 is 0 Å². The maximum Gasteiger partial charge on any atom is 0.253 e. The maximum absolute atomic E-state index is 12.9. The van der Waals surface area contributed by atoms with Crippen molar-refractivity contribution in [3.63, 3.8) is 0 Å². The summed E-state index contributed by atoms with van der Waals surface area (Å²) in [6.45, 7) is 9.24. The number of rotatable bonds is 6. The first-order valence-corrected chi connectivity index (χ1v) is 10.7. The largest absolute Gasteiger partial charge is 0.365 e. The number of benzene rings is 1. The first kappa shape index (κ1) is 21.6. The Morgan fingerprint density at radius 1 is 1.22 bits per heavy atom. The van der Waals surface area contributed by atoms with Crippen molar-refractivity contribution in [2.45, 2.75) is 44.8 Å². The van der Waals surface area contributed by atoms with Crippen molar-refractivity contribution < 1.29 is 14.4 Å². The average Bonchev–Trinajstić information content (AvgIpc) is 3.31. The van der Waals surface area contributed by atoms with E-state index in [1.807, 2.05) is 18.7 Å². The third kappa shape index (κ3) is 3.98. The van der Waals surface area contributed by atoms with E-state index in [1.54, 1.807) is 29.2 Å². The molecule has 2 aromatic rings. The highest BCUT2D eigenvalue weighted by Crippen LogP contribution is 2.39. The van der Waals surface area contributed by atoms with Crippen molar-refractivity contribution in [1.82, 2.24) is 20.0 Å². The molecule has 0 saturated carbocycles. The highest BCUT2D eigenvalue weighted by molar-refractivity contribution is 5.99. The molecule has 1 fully saturated rings. The Bertz CT molecular complexity index is 1030. The number of aromatic nitrogens is 2. The minimum absolute atomic E-state index is 0.0194. The van der Waals surface area contributed by atoms with Crippen LogP contribution in [0.4, 0.5) is 11.5 Å². The molecule has 168 valence electrons. The normalized spacial score (nSPS) is 17.6. The van der Waals surface area contributed by atoms with Gasteiger partial charge in [0.15, 0.2) is 5.82 Å². The van der Waals surface area contributed by atoms with Crippen LogP contribution in [0, 0.1) is 0 Å². The van der Waals surface area contributed by atoms with E-state index in [0.29, 0.717) is 30.9 Å². The van der Waals surface area contributed by atoms with Gasteiger partial charge in [0.2, 0.25) is 12.3 Å². The summed E-state index contributed by atoms with van der Waals surface area (Å²) < 4.78 is 0. The van der Waals surface area contributed by atoms with E-state index in [9.17, 15) is 14.4 Å². The van der Waals surface area contributed by atoms with Gasteiger partial charge >= 0.3 is 0 Å². The number of carbonyl (C=O) groups is 3. The molecular weight excluding hydrogens is 408 g/mol. The molecule has 2 aliphatic rings. The minimum atomic E-state index is -0.399. The van der Waals surface area contributed by atoms with Crippen LogP contribution in [0.15, 0.2) is 36.9 Å². The van der Waals surface area contributed by atoms with Crippen LogP contribution >= 0.6 is 0 Å². The Balaban J connectivity index is 1.33. The Morgan fingerprint density at radius 3 is 2.53 bits per heavy atom. The molecule has 1 saturated heterocycles. The molecule has 3 amide bonds. The SMILES string of the molecule is C=CC(=O)Nc1ccc(C(=O)N2CCC(Nc3n[nH]c4c3CN(C=O)C4(C)C)CC2)cc1. The van der Waals surface area contributed by atoms with Gasteiger partial charge in [-0.3, -0.25) is 19.5 Å². The van der Waals surface area contributed by atoms with E-state index in [0.717, 1.165) is 36.3 Å². The summed E-state index contributed by atoms with van der Waals surface area (Å²) >= 11 is 0. The second-order valence-electron chi connectivity index (χ2n) is 8.70. The maximum atomic E-state index is 12.9. The van der Waals surface area contributed by atoms with Gasteiger partial charge in [-0.25, -0.2) is 0 Å². The van der Waals surface area contributed by atoms with Gasteiger partial charge in [-0.15, -0.1) is 0 Å². The zero-order valence-corrected chi connectivity index (χ0v) is 18.4. The average molecular weight is 437 g/mol. The Kier molecular flexibility index (Phi) is 5.73. The van der Waals surface area contributed by atoms with E-state index < -0.39 is 5.54 Å². The monoisotopic (exact) mass is 436 g/mol. The van der Waals surface area contributed by atoms with Gasteiger partial charge in [-0.05, 0) is 57.0 Å². The van der Waals surface area contributed by atoms with Crippen LogP contribution in [-0.4, -0.2) is 57.4 Å². The first-order chi connectivity index (χ1) is 15.3. The van der Waals surface area contributed by atoms with E-state index in [2.05, 4.69) is 27.4 Å². The fourth-order valence-corrected chi connectivity index (χ4v) is 4.32. The number of nitrogens with zero attached hydrogens (tertiary/aromatic N) is 3. The molecule has 3 N–H and O–H groups in total. The van der Waals surface area contributed by atoms with Crippen molar-refractivity contribution in [2.75, 3.05) is 23.7 Å². The molecule has 1 aromatic heterocycles. The molecule has 0 bridgehead atoms. The van der Waals surface area contributed by atoms with E-state index in [1.165, 1.54) is 6.08 Å². The van der Waals surface area contributed by atoms with Gasteiger partial charge in [0.05, 0.1) is 17.8 Å². The van der Waals surface area contributed by atoms with Gasteiger partial charge in [0.25, 0.3) is 5.91 Å².